The van der Waals surface area contributed by atoms with Crippen LogP contribution in [0.25, 0.3) is 0 Å². The SMILES string of the molecule is N#Cc1ccc(CNC(=O)N2CCN(Cc3ccc(Cl)cc3Cl)CC2)c(C(F)(F)F)c1. The number of carbonyl (C=O) groups excluding carboxylic acids is 1. The fourth-order valence-corrected chi connectivity index (χ4v) is 3.81. The molecular formula is C21H19Cl2F3N4O. The predicted molar refractivity (Wildman–Crippen MR) is 112 cm³/mol. The van der Waals surface area contributed by atoms with Gasteiger partial charge in [-0.3, -0.25) is 4.90 Å². The number of nitrogens with zero attached hydrogens (tertiary/aromatic N) is 3. The lowest BCUT2D eigenvalue weighted by atomic mass is 10.0. The van der Waals surface area contributed by atoms with Crippen LogP contribution in [-0.4, -0.2) is 42.0 Å². The van der Waals surface area contributed by atoms with Gasteiger partial charge in [0.25, 0.3) is 0 Å². The third kappa shape index (κ3) is 6.03. The van der Waals surface area contributed by atoms with Crippen molar-refractivity contribution in [3.63, 3.8) is 0 Å². The number of nitrogens with one attached hydrogen (secondary N) is 1. The molecule has 10 heteroatoms. The number of urea groups is 1. The van der Waals surface area contributed by atoms with E-state index in [9.17, 15) is 18.0 Å². The van der Waals surface area contributed by atoms with E-state index < -0.39 is 17.8 Å². The fraction of sp³-hybridized carbons (Fsp3) is 0.333. The molecule has 0 unspecified atom stereocenters. The zero-order valence-corrected chi connectivity index (χ0v) is 17.9. The van der Waals surface area contributed by atoms with Crippen LogP contribution in [0.3, 0.4) is 0 Å². The van der Waals surface area contributed by atoms with Crippen molar-refractivity contribution in [2.45, 2.75) is 19.3 Å². The molecule has 0 radical (unpaired) electrons. The molecule has 1 fully saturated rings. The number of hydrogen-bond acceptors (Lipinski definition) is 3. The van der Waals surface area contributed by atoms with Crippen molar-refractivity contribution >= 4 is 29.2 Å². The Bertz CT molecular complexity index is 999. The molecule has 1 heterocycles. The summed E-state index contributed by atoms with van der Waals surface area (Å²) in [6.07, 6.45) is -4.61. The smallest absolute Gasteiger partial charge is 0.334 e. The third-order valence-electron chi connectivity index (χ3n) is 5.04. The predicted octanol–water partition coefficient (Wildman–Crippen LogP) is 4.91. The standard InChI is InChI=1S/C21H19Cl2F3N4O/c22-17-4-3-16(19(23)10-17)13-29-5-7-30(8-6-29)20(31)28-12-15-2-1-14(11-27)9-18(15)21(24,25)26/h1-4,9-10H,5-8,12-13H2,(H,28,31). The van der Waals surface area contributed by atoms with E-state index >= 15 is 0 Å². The normalized spacial score (nSPS) is 14.9. The van der Waals surface area contributed by atoms with Gasteiger partial charge in [-0.1, -0.05) is 35.3 Å². The summed E-state index contributed by atoms with van der Waals surface area (Å²) in [6, 6.07) is 9.89. The van der Waals surface area contributed by atoms with Crippen molar-refractivity contribution in [1.82, 2.24) is 15.1 Å². The van der Waals surface area contributed by atoms with Crippen molar-refractivity contribution in [2.75, 3.05) is 26.2 Å². The summed E-state index contributed by atoms with van der Waals surface area (Å²) in [6.45, 7) is 2.44. The van der Waals surface area contributed by atoms with Crippen molar-refractivity contribution in [1.29, 1.82) is 5.26 Å². The van der Waals surface area contributed by atoms with E-state index in [1.807, 2.05) is 6.07 Å². The lowest BCUT2D eigenvalue weighted by Crippen LogP contribution is -2.51. The van der Waals surface area contributed by atoms with E-state index in [1.165, 1.54) is 12.1 Å². The lowest BCUT2D eigenvalue weighted by molar-refractivity contribution is -0.138. The maximum Gasteiger partial charge on any atom is 0.416 e. The second kappa shape index (κ2) is 9.77. The van der Waals surface area contributed by atoms with E-state index in [0.717, 1.165) is 11.6 Å². The van der Waals surface area contributed by atoms with Crippen LogP contribution in [-0.2, 0) is 19.3 Å². The van der Waals surface area contributed by atoms with Gasteiger partial charge < -0.3 is 10.2 Å². The topological polar surface area (TPSA) is 59.4 Å². The molecule has 2 aromatic rings. The Labute approximate surface area is 187 Å². The highest BCUT2D eigenvalue weighted by Gasteiger charge is 2.33. The van der Waals surface area contributed by atoms with Crippen LogP contribution in [0, 0.1) is 11.3 Å². The highest BCUT2D eigenvalue weighted by molar-refractivity contribution is 6.35. The van der Waals surface area contributed by atoms with Crippen LogP contribution in [0.1, 0.15) is 22.3 Å². The van der Waals surface area contributed by atoms with Crippen LogP contribution < -0.4 is 5.32 Å². The zero-order chi connectivity index (χ0) is 22.6. The Morgan fingerprint density at radius 1 is 1.06 bits per heavy atom. The van der Waals surface area contributed by atoms with Gasteiger partial charge in [-0.2, -0.15) is 18.4 Å². The molecule has 5 nitrogen and oxygen atoms in total. The second-order valence-corrected chi connectivity index (χ2v) is 7.98. The Morgan fingerprint density at radius 3 is 2.35 bits per heavy atom. The number of nitriles is 1. The third-order valence-corrected chi connectivity index (χ3v) is 5.63. The first-order valence-corrected chi connectivity index (χ1v) is 10.2. The number of benzene rings is 2. The monoisotopic (exact) mass is 470 g/mol. The fourth-order valence-electron chi connectivity index (χ4n) is 3.35. The average molecular weight is 471 g/mol. The van der Waals surface area contributed by atoms with E-state index in [4.69, 9.17) is 28.5 Å². The molecule has 31 heavy (non-hydrogen) atoms. The molecule has 1 aliphatic rings. The summed E-state index contributed by atoms with van der Waals surface area (Å²) in [5, 5.41) is 12.5. The Balaban J connectivity index is 1.54. The van der Waals surface area contributed by atoms with Gasteiger partial charge >= 0.3 is 12.2 Å². The zero-order valence-electron chi connectivity index (χ0n) is 16.3. The van der Waals surface area contributed by atoms with Gasteiger partial charge in [-0.15, -0.1) is 0 Å². The maximum atomic E-state index is 13.3. The van der Waals surface area contributed by atoms with E-state index in [-0.39, 0.29) is 17.7 Å². The van der Waals surface area contributed by atoms with Crippen molar-refractivity contribution in [3.05, 3.63) is 68.7 Å². The summed E-state index contributed by atoms with van der Waals surface area (Å²) in [5.41, 5.74) is -0.156. The molecule has 3 rings (SSSR count). The molecule has 1 N–H and O–H groups in total. The van der Waals surface area contributed by atoms with Crippen LogP contribution in [0.4, 0.5) is 18.0 Å². The summed E-state index contributed by atoms with van der Waals surface area (Å²) >= 11 is 12.1. The Hall–Kier alpha value is -2.47. The van der Waals surface area contributed by atoms with Gasteiger partial charge in [0.05, 0.1) is 17.2 Å². The first-order chi connectivity index (χ1) is 14.7. The minimum Gasteiger partial charge on any atom is -0.334 e. The highest BCUT2D eigenvalue weighted by atomic mass is 35.5. The van der Waals surface area contributed by atoms with Crippen molar-refractivity contribution in [2.24, 2.45) is 0 Å². The molecule has 2 aromatic carbocycles. The molecule has 2 amide bonds. The minimum atomic E-state index is -4.61. The van der Waals surface area contributed by atoms with E-state index in [1.54, 1.807) is 23.1 Å². The van der Waals surface area contributed by atoms with Gasteiger partial charge in [0.2, 0.25) is 0 Å². The molecule has 0 aromatic heterocycles. The first kappa shape index (κ1) is 23.2. The molecule has 0 saturated carbocycles. The van der Waals surface area contributed by atoms with Crippen LogP contribution in [0.5, 0.6) is 0 Å². The molecular weight excluding hydrogens is 452 g/mol. The summed E-state index contributed by atoms with van der Waals surface area (Å²) in [7, 11) is 0. The number of alkyl halides is 3. The van der Waals surface area contributed by atoms with Crippen LogP contribution in [0.15, 0.2) is 36.4 Å². The van der Waals surface area contributed by atoms with Gasteiger partial charge in [0.1, 0.15) is 0 Å². The van der Waals surface area contributed by atoms with E-state index in [2.05, 4.69) is 10.2 Å². The number of rotatable bonds is 4. The molecule has 0 aliphatic carbocycles. The first-order valence-electron chi connectivity index (χ1n) is 9.46. The van der Waals surface area contributed by atoms with Gasteiger partial charge in [-0.05, 0) is 35.4 Å². The molecule has 0 atom stereocenters. The lowest BCUT2D eigenvalue weighted by Gasteiger charge is -2.35. The van der Waals surface area contributed by atoms with Crippen molar-refractivity contribution in [3.8, 4) is 6.07 Å². The Kier molecular flexibility index (Phi) is 7.31. The van der Waals surface area contributed by atoms with Crippen molar-refractivity contribution < 1.29 is 18.0 Å². The molecule has 1 aliphatic heterocycles. The highest BCUT2D eigenvalue weighted by Crippen LogP contribution is 2.32. The maximum absolute atomic E-state index is 13.3. The average Bonchev–Trinajstić information content (AvgIpc) is 2.73. The van der Waals surface area contributed by atoms with Gasteiger partial charge in [0.15, 0.2) is 0 Å². The Morgan fingerprint density at radius 2 is 1.74 bits per heavy atom. The number of carbonyl (C=O) groups is 1. The van der Waals surface area contributed by atoms with Gasteiger partial charge in [-0.25, -0.2) is 4.79 Å². The summed E-state index contributed by atoms with van der Waals surface area (Å²) in [5.74, 6) is 0. The van der Waals surface area contributed by atoms with E-state index in [0.29, 0.717) is 42.8 Å². The molecule has 0 bridgehead atoms. The number of hydrogen-bond donors (Lipinski definition) is 1. The minimum absolute atomic E-state index is 0.0840. The van der Waals surface area contributed by atoms with Gasteiger partial charge in [0, 0.05) is 49.3 Å². The largest absolute Gasteiger partial charge is 0.416 e. The number of piperazine rings is 1. The quantitative estimate of drug-likeness (QED) is 0.690. The molecule has 0 spiro atoms. The molecule has 164 valence electrons. The van der Waals surface area contributed by atoms with Crippen LogP contribution in [0.2, 0.25) is 10.0 Å². The summed E-state index contributed by atoms with van der Waals surface area (Å²) in [4.78, 5) is 16.1. The van der Waals surface area contributed by atoms with Crippen LogP contribution >= 0.6 is 23.2 Å². The number of amides is 2. The summed E-state index contributed by atoms with van der Waals surface area (Å²) < 4.78 is 39.8. The number of halogens is 5. The molecule has 1 saturated heterocycles. The second-order valence-electron chi connectivity index (χ2n) is 7.14.